The van der Waals surface area contributed by atoms with E-state index in [0.717, 1.165) is 25.7 Å². The number of nitrogens with one attached hydrogen (secondary N) is 1. The van der Waals surface area contributed by atoms with Crippen molar-refractivity contribution in [3.05, 3.63) is 28.2 Å². The Morgan fingerprint density at radius 3 is 2.26 bits per heavy atom. The average molecular weight is 323 g/mol. The Labute approximate surface area is 123 Å². The number of sulfonamides is 1. The quantitative estimate of drug-likeness (QED) is 0.898. The maximum Gasteiger partial charge on any atom is 0.240 e. The molecule has 0 aromatic heterocycles. The van der Waals surface area contributed by atoms with Crippen molar-refractivity contribution in [3.63, 3.8) is 0 Å². The molecule has 0 unspecified atom stereocenters. The Morgan fingerprint density at radius 2 is 1.68 bits per heavy atom. The van der Waals surface area contributed by atoms with Gasteiger partial charge in [0, 0.05) is 22.1 Å². The van der Waals surface area contributed by atoms with Crippen LogP contribution in [-0.2, 0) is 10.0 Å². The van der Waals surface area contributed by atoms with E-state index in [9.17, 15) is 8.42 Å². The summed E-state index contributed by atoms with van der Waals surface area (Å²) in [5, 5.41) is 0.585. The highest BCUT2D eigenvalue weighted by atomic mass is 35.5. The third-order valence-corrected chi connectivity index (χ3v) is 5.18. The second kappa shape index (κ2) is 5.97. The number of halogens is 2. The van der Waals surface area contributed by atoms with E-state index < -0.39 is 10.0 Å². The number of benzene rings is 1. The summed E-state index contributed by atoms with van der Waals surface area (Å²) in [5.41, 5.74) is 5.94. The topological polar surface area (TPSA) is 72.2 Å². The molecule has 19 heavy (non-hydrogen) atoms. The lowest BCUT2D eigenvalue weighted by Crippen LogP contribution is -2.49. The van der Waals surface area contributed by atoms with Crippen LogP contribution in [-0.4, -0.2) is 20.5 Å². The van der Waals surface area contributed by atoms with Crippen molar-refractivity contribution >= 4 is 33.2 Å². The van der Waals surface area contributed by atoms with Crippen LogP contribution in [0.15, 0.2) is 23.1 Å². The molecule has 0 aliphatic heterocycles. The highest BCUT2D eigenvalue weighted by molar-refractivity contribution is 7.89. The molecular formula is C12H16Cl2N2O2S. The summed E-state index contributed by atoms with van der Waals surface area (Å²) in [6, 6.07) is 3.89. The van der Waals surface area contributed by atoms with Gasteiger partial charge in [-0.2, -0.15) is 0 Å². The first-order chi connectivity index (χ1) is 8.88. The predicted octanol–water partition coefficient (Wildman–Crippen LogP) is 2.54. The van der Waals surface area contributed by atoms with Crippen molar-refractivity contribution in [3.8, 4) is 0 Å². The van der Waals surface area contributed by atoms with Crippen molar-refractivity contribution in [2.45, 2.75) is 42.7 Å². The maximum absolute atomic E-state index is 12.3. The monoisotopic (exact) mass is 322 g/mol. The Hall–Kier alpha value is -0.330. The van der Waals surface area contributed by atoms with Crippen LogP contribution in [0.5, 0.6) is 0 Å². The second-order valence-corrected chi connectivity index (χ2v) is 7.37. The molecule has 1 saturated carbocycles. The van der Waals surface area contributed by atoms with Crippen molar-refractivity contribution in [1.29, 1.82) is 0 Å². The summed E-state index contributed by atoms with van der Waals surface area (Å²) in [6.45, 7) is 0. The molecular weight excluding hydrogens is 307 g/mol. The molecule has 4 nitrogen and oxygen atoms in total. The van der Waals surface area contributed by atoms with Crippen LogP contribution in [0.4, 0.5) is 0 Å². The van der Waals surface area contributed by atoms with Gasteiger partial charge in [0.15, 0.2) is 0 Å². The SMILES string of the molecule is N[C@@H]1CCCC[C@H]1NS(=O)(=O)c1cc(Cl)cc(Cl)c1. The van der Waals surface area contributed by atoms with Gasteiger partial charge in [-0.3, -0.25) is 0 Å². The van der Waals surface area contributed by atoms with Crippen molar-refractivity contribution in [1.82, 2.24) is 4.72 Å². The summed E-state index contributed by atoms with van der Waals surface area (Å²) in [4.78, 5) is 0.0720. The van der Waals surface area contributed by atoms with E-state index in [1.807, 2.05) is 0 Å². The van der Waals surface area contributed by atoms with Gasteiger partial charge in [0.05, 0.1) is 4.90 Å². The molecule has 0 saturated heterocycles. The van der Waals surface area contributed by atoms with Gasteiger partial charge in [-0.25, -0.2) is 13.1 Å². The summed E-state index contributed by atoms with van der Waals surface area (Å²) in [5.74, 6) is 0. The lowest BCUT2D eigenvalue weighted by molar-refractivity contribution is 0.361. The van der Waals surface area contributed by atoms with Crippen LogP contribution in [0, 0.1) is 0 Å². The highest BCUT2D eigenvalue weighted by Gasteiger charge is 2.27. The smallest absolute Gasteiger partial charge is 0.240 e. The predicted molar refractivity (Wildman–Crippen MR) is 77.0 cm³/mol. The maximum atomic E-state index is 12.3. The van der Waals surface area contributed by atoms with Gasteiger partial charge in [-0.15, -0.1) is 0 Å². The first kappa shape index (κ1) is 15.1. The normalized spacial score (nSPS) is 24.4. The van der Waals surface area contributed by atoms with Gasteiger partial charge in [0.25, 0.3) is 0 Å². The lowest BCUT2D eigenvalue weighted by Gasteiger charge is -2.29. The van der Waals surface area contributed by atoms with E-state index in [1.165, 1.54) is 18.2 Å². The molecule has 1 fully saturated rings. The fourth-order valence-electron chi connectivity index (χ4n) is 2.26. The van der Waals surface area contributed by atoms with E-state index in [4.69, 9.17) is 28.9 Å². The minimum absolute atomic E-state index is 0.0720. The van der Waals surface area contributed by atoms with Crippen LogP contribution >= 0.6 is 23.2 Å². The third kappa shape index (κ3) is 3.83. The van der Waals surface area contributed by atoms with Gasteiger partial charge < -0.3 is 5.73 Å². The van der Waals surface area contributed by atoms with Gasteiger partial charge in [-0.1, -0.05) is 36.0 Å². The van der Waals surface area contributed by atoms with E-state index in [2.05, 4.69) is 4.72 Å². The molecule has 2 atom stereocenters. The third-order valence-electron chi connectivity index (χ3n) is 3.27. The molecule has 0 spiro atoms. The van der Waals surface area contributed by atoms with Crippen LogP contribution in [0.1, 0.15) is 25.7 Å². The van der Waals surface area contributed by atoms with Crippen molar-refractivity contribution < 1.29 is 8.42 Å². The number of hydrogen-bond donors (Lipinski definition) is 2. The van der Waals surface area contributed by atoms with Crippen molar-refractivity contribution in [2.24, 2.45) is 5.73 Å². The first-order valence-electron chi connectivity index (χ1n) is 6.12. The van der Waals surface area contributed by atoms with Crippen LogP contribution in [0.2, 0.25) is 10.0 Å². The largest absolute Gasteiger partial charge is 0.326 e. The van der Waals surface area contributed by atoms with Crippen LogP contribution in [0.3, 0.4) is 0 Å². The number of hydrogen-bond acceptors (Lipinski definition) is 3. The Morgan fingerprint density at radius 1 is 1.11 bits per heavy atom. The molecule has 106 valence electrons. The Kier molecular flexibility index (Phi) is 4.74. The summed E-state index contributed by atoms with van der Waals surface area (Å²) in [6.07, 6.45) is 3.62. The molecule has 7 heteroatoms. The van der Waals surface area contributed by atoms with Gasteiger partial charge >= 0.3 is 0 Å². The van der Waals surface area contributed by atoms with Gasteiger partial charge in [-0.05, 0) is 31.0 Å². The minimum atomic E-state index is -3.64. The molecule has 0 amide bonds. The fraction of sp³-hybridized carbons (Fsp3) is 0.500. The zero-order chi connectivity index (χ0) is 14.0. The zero-order valence-electron chi connectivity index (χ0n) is 10.3. The van der Waals surface area contributed by atoms with E-state index in [1.54, 1.807) is 0 Å². The molecule has 2 rings (SSSR count). The molecule has 0 radical (unpaired) electrons. The van der Waals surface area contributed by atoms with E-state index in [0.29, 0.717) is 10.0 Å². The van der Waals surface area contributed by atoms with E-state index >= 15 is 0 Å². The fourth-order valence-corrected chi connectivity index (χ4v) is 4.30. The molecule has 1 aliphatic rings. The summed E-state index contributed by atoms with van der Waals surface area (Å²) >= 11 is 11.7. The highest BCUT2D eigenvalue weighted by Crippen LogP contribution is 2.24. The molecule has 1 aliphatic carbocycles. The molecule has 3 N–H and O–H groups in total. The molecule has 0 heterocycles. The second-order valence-electron chi connectivity index (χ2n) is 4.78. The average Bonchev–Trinajstić information content (AvgIpc) is 2.31. The summed E-state index contributed by atoms with van der Waals surface area (Å²) in [7, 11) is -3.64. The molecule has 1 aromatic rings. The zero-order valence-corrected chi connectivity index (χ0v) is 12.6. The standard InChI is InChI=1S/C12H16Cl2N2O2S/c13-8-5-9(14)7-10(6-8)19(17,18)16-12-4-2-1-3-11(12)15/h5-7,11-12,16H,1-4,15H2/t11-,12-/m1/s1. The van der Waals surface area contributed by atoms with Gasteiger partial charge in [0.1, 0.15) is 0 Å². The lowest BCUT2D eigenvalue weighted by atomic mass is 9.92. The minimum Gasteiger partial charge on any atom is -0.326 e. The van der Waals surface area contributed by atoms with Crippen LogP contribution in [0.25, 0.3) is 0 Å². The molecule has 1 aromatic carbocycles. The van der Waals surface area contributed by atoms with Crippen molar-refractivity contribution in [2.75, 3.05) is 0 Å². The Bertz CT molecular complexity index is 543. The van der Waals surface area contributed by atoms with Crippen LogP contribution < -0.4 is 10.5 Å². The summed E-state index contributed by atoms with van der Waals surface area (Å²) < 4.78 is 27.2. The number of rotatable bonds is 3. The number of nitrogens with two attached hydrogens (primary N) is 1. The van der Waals surface area contributed by atoms with Gasteiger partial charge in [0.2, 0.25) is 10.0 Å². The molecule has 0 bridgehead atoms. The Balaban J connectivity index is 2.22. The first-order valence-corrected chi connectivity index (χ1v) is 8.36. The van der Waals surface area contributed by atoms with E-state index in [-0.39, 0.29) is 17.0 Å².